The van der Waals surface area contributed by atoms with E-state index in [2.05, 4.69) is 6.92 Å². The van der Waals surface area contributed by atoms with Crippen LogP contribution in [0.15, 0.2) is 11.8 Å². The third-order valence-electron chi connectivity index (χ3n) is 4.71. The predicted octanol–water partition coefficient (Wildman–Crippen LogP) is 3.36. The van der Waals surface area contributed by atoms with Crippen LogP contribution >= 0.6 is 0 Å². The molecule has 21 heavy (non-hydrogen) atoms. The molecule has 4 atom stereocenters. The molecule has 4 nitrogen and oxygen atoms in total. The number of methoxy groups -OCH3 is 2. The number of ketones is 1. The van der Waals surface area contributed by atoms with E-state index < -0.39 is 0 Å². The van der Waals surface area contributed by atoms with Crippen LogP contribution in [0.25, 0.3) is 0 Å². The molecule has 0 aromatic rings. The number of hydrogen-bond donors (Lipinski definition) is 0. The van der Waals surface area contributed by atoms with Crippen LogP contribution in [0.3, 0.4) is 0 Å². The van der Waals surface area contributed by atoms with E-state index >= 15 is 0 Å². The summed E-state index contributed by atoms with van der Waals surface area (Å²) in [5.41, 5.74) is 1.16. The maximum absolute atomic E-state index is 11.9. The zero-order valence-corrected chi connectivity index (χ0v) is 13.8. The van der Waals surface area contributed by atoms with Crippen molar-refractivity contribution in [2.75, 3.05) is 14.2 Å². The Balaban J connectivity index is 2.96. The van der Waals surface area contributed by atoms with Crippen molar-refractivity contribution in [3.8, 4) is 0 Å². The van der Waals surface area contributed by atoms with Gasteiger partial charge in [0.1, 0.15) is 5.78 Å². The maximum atomic E-state index is 11.9. The van der Waals surface area contributed by atoms with E-state index in [1.54, 1.807) is 20.3 Å². The van der Waals surface area contributed by atoms with Crippen LogP contribution in [-0.2, 0) is 19.1 Å². The lowest BCUT2D eigenvalue weighted by molar-refractivity contribution is -0.146. The Morgan fingerprint density at radius 2 is 2.00 bits per heavy atom. The van der Waals surface area contributed by atoms with E-state index in [9.17, 15) is 9.59 Å². The summed E-state index contributed by atoms with van der Waals surface area (Å²) in [4.78, 5) is 23.2. The summed E-state index contributed by atoms with van der Waals surface area (Å²) in [6.07, 6.45) is 5.22. The fraction of sp³-hybridized carbons (Fsp3) is 0.765. The van der Waals surface area contributed by atoms with Crippen molar-refractivity contribution < 1.29 is 19.1 Å². The molecule has 0 saturated heterocycles. The zero-order chi connectivity index (χ0) is 16.0. The van der Waals surface area contributed by atoms with Gasteiger partial charge in [0.2, 0.25) is 0 Å². The first-order valence-corrected chi connectivity index (χ1v) is 7.72. The average Bonchev–Trinajstić information content (AvgIpc) is 2.45. The predicted molar refractivity (Wildman–Crippen MR) is 81.6 cm³/mol. The minimum atomic E-state index is -0.179. The van der Waals surface area contributed by atoms with Gasteiger partial charge in [-0.25, -0.2) is 0 Å². The molecule has 1 aliphatic rings. The van der Waals surface area contributed by atoms with Crippen LogP contribution in [0.4, 0.5) is 0 Å². The fourth-order valence-corrected chi connectivity index (χ4v) is 3.42. The highest BCUT2D eigenvalue weighted by Crippen LogP contribution is 2.44. The second-order valence-corrected chi connectivity index (χ2v) is 6.17. The molecule has 0 spiro atoms. The zero-order valence-electron chi connectivity index (χ0n) is 13.8. The van der Waals surface area contributed by atoms with Crippen molar-refractivity contribution in [1.82, 2.24) is 0 Å². The first-order valence-electron chi connectivity index (χ1n) is 7.72. The lowest BCUT2D eigenvalue weighted by Gasteiger charge is -2.39. The maximum Gasteiger partial charge on any atom is 0.308 e. The van der Waals surface area contributed by atoms with Crippen LogP contribution in [0.2, 0.25) is 0 Å². The van der Waals surface area contributed by atoms with Crippen molar-refractivity contribution >= 4 is 11.8 Å². The van der Waals surface area contributed by atoms with Gasteiger partial charge < -0.3 is 14.3 Å². The highest BCUT2D eigenvalue weighted by molar-refractivity contribution is 5.75. The number of esters is 1. The van der Waals surface area contributed by atoms with Gasteiger partial charge in [-0.1, -0.05) is 13.8 Å². The smallest absolute Gasteiger partial charge is 0.308 e. The highest BCUT2D eigenvalue weighted by atomic mass is 16.5. The summed E-state index contributed by atoms with van der Waals surface area (Å²) in [7, 11) is 3.06. The molecule has 4 heteroatoms. The Labute approximate surface area is 127 Å². The minimum absolute atomic E-state index is 0.144. The lowest BCUT2D eigenvalue weighted by Crippen LogP contribution is -2.33. The standard InChI is InChI=1S/C17H28O4/c1-11-6-8-15(13(3)17(19)21-5)16(10-20-4)14(11)9-7-12(2)18/h10-11,13-15H,6-9H2,1-5H3/t11-,13-,14+,15+/m1/s1. The van der Waals surface area contributed by atoms with E-state index in [-0.39, 0.29) is 23.6 Å². The number of rotatable bonds is 6. The molecule has 0 aromatic heterocycles. The van der Waals surface area contributed by atoms with E-state index in [0.717, 1.165) is 24.8 Å². The number of carbonyl (C=O) groups excluding carboxylic acids is 2. The molecule has 1 fully saturated rings. The molecule has 0 bridgehead atoms. The molecule has 0 heterocycles. The van der Waals surface area contributed by atoms with Crippen molar-refractivity contribution in [2.45, 2.75) is 46.5 Å². The van der Waals surface area contributed by atoms with E-state index in [1.165, 1.54) is 7.11 Å². The largest absolute Gasteiger partial charge is 0.504 e. The van der Waals surface area contributed by atoms with Gasteiger partial charge in [0.25, 0.3) is 0 Å². The summed E-state index contributed by atoms with van der Waals surface area (Å²) >= 11 is 0. The number of hydrogen-bond acceptors (Lipinski definition) is 4. The molecule has 120 valence electrons. The minimum Gasteiger partial charge on any atom is -0.504 e. The van der Waals surface area contributed by atoms with Gasteiger partial charge in [-0.15, -0.1) is 0 Å². The SMILES string of the molecule is COC=C1[C@@H](CCC(C)=O)[C@H](C)CC[C@H]1[C@@H](C)C(=O)OC. The lowest BCUT2D eigenvalue weighted by atomic mass is 9.66. The number of carbonyl (C=O) groups is 2. The fourth-order valence-electron chi connectivity index (χ4n) is 3.42. The molecule has 0 aliphatic heterocycles. The van der Waals surface area contributed by atoms with Gasteiger partial charge >= 0.3 is 5.97 Å². The summed E-state index contributed by atoms with van der Waals surface area (Å²) in [6, 6.07) is 0. The summed E-state index contributed by atoms with van der Waals surface area (Å²) in [5, 5.41) is 0. The molecule has 0 unspecified atom stereocenters. The molecule has 1 saturated carbocycles. The Morgan fingerprint density at radius 3 is 2.52 bits per heavy atom. The van der Waals surface area contributed by atoms with Crippen LogP contribution < -0.4 is 0 Å². The molecular formula is C17H28O4. The second-order valence-electron chi connectivity index (χ2n) is 6.17. The monoisotopic (exact) mass is 296 g/mol. The Hall–Kier alpha value is -1.32. The van der Waals surface area contributed by atoms with Crippen molar-refractivity contribution in [3.63, 3.8) is 0 Å². The first kappa shape index (κ1) is 17.7. The molecule has 0 aromatic carbocycles. The van der Waals surface area contributed by atoms with Crippen molar-refractivity contribution in [1.29, 1.82) is 0 Å². The van der Waals surface area contributed by atoms with Crippen LogP contribution in [0.5, 0.6) is 0 Å². The Kier molecular flexibility index (Phi) is 6.93. The summed E-state index contributed by atoms with van der Waals surface area (Å²) in [5.74, 6) is 0.810. The number of allylic oxidation sites excluding steroid dienone is 1. The summed E-state index contributed by atoms with van der Waals surface area (Å²) < 4.78 is 10.2. The van der Waals surface area contributed by atoms with E-state index in [4.69, 9.17) is 9.47 Å². The van der Waals surface area contributed by atoms with Gasteiger partial charge in [0.05, 0.1) is 26.4 Å². The third-order valence-corrected chi connectivity index (χ3v) is 4.71. The Morgan fingerprint density at radius 1 is 1.33 bits per heavy atom. The third kappa shape index (κ3) is 4.58. The van der Waals surface area contributed by atoms with Crippen LogP contribution in [-0.4, -0.2) is 26.0 Å². The van der Waals surface area contributed by atoms with Gasteiger partial charge in [-0.05, 0) is 49.5 Å². The second kappa shape index (κ2) is 8.20. The quantitative estimate of drug-likeness (QED) is 0.557. The highest BCUT2D eigenvalue weighted by Gasteiger charge is 2.38. The molecule has 0 N–H and O–H groups in total. The van der Waals surface area contributed by atoms with E-state index in [0.29, 0.717) is 18.3 Å². The molecular weight excluding hydrogens is 268 g/mol. The molecule has 0 radical (unpaired) electrons. The Bertz CT molecular complexity index is 400. The molecule has 1 rings (SSSR count). The number of ether oxygens (including phenoxy) is 2. The van der Waals surface area contributed by atoms with Gasteiger partial charge in [-0.2, -0.15) is 0 Å². The average molecular weight is 296 g/mol. The van der Waals surface area contributed by atoms with Gasteiger partial charge in [-0.3, -0.25) is 4.79 Å². The first-order chi connectivity index (χ1) is 9.92. The van der Waals surface area contributed by atoms with Gasteiger partial charge in [0.15, 0.2) is 0 Å². The van der Waals surface area contributed by atoms with E-state index in [1.807, 2.05) is 6.92 Å². The normalized spacial score (nSPS) is 29.0. The van der Waals surface area contributed by atoms with Crippen molar-refractivity contribution in [2.24, 2.45) is 23.7 Å². The van der Waals surface area contributed by atoms with Crippen LogP contribution in [0.1, 0.15) is 46.5 Å². The van der Waals surface area contributed by atoms with Crippen LogP contribution in [0, 0.1) is 23.7 Å². The number of Topliss-reactive ketones (excluding diaryl/α,β-unsaturated/α-hetero) is 1. The molecule has 1 aliphatic carbocycles. The summed E-state index contributed by atoms with van der Waals surface area (Å²) in [6.45, 7) is 5.76. The van der Waals surface area contributed by atoms with Gasteiger partial charge in [0, 0.05) is 6.42 Å². The molecule has 0 amide bonds. The topological polar surface area (TPSA) is 52.6 Å². The van der Waals surface area contributed by atoms with Crippen molar-refractivity contribution in [3.05, 3.63) is 11.8 Å².